The van der Waals surface area contributed by atoms with Gasteiger partial charge in [0.2, 0.25) is 0 Å². The van der Waals surface area contributed by atoms with E-state index in [1.807, 2.05) is 0 Å². The van der Waals surface area contributed by atoms with Crippen LogP contribution in [0, 0.1) is 6.92 Å². The van der Waals surface area contributed by atoms with Crippen molar-refractivity contribution in [1.82, 2.24) is 15.5 Å². The number of H-pyrrole nitrogens is 1. The average molecular weight is 405 g/mol. The lowest BCUT2D eigenvalue weighted by Gasteiger charge is -2.13. The topological polar surface area (TPSA) is 86.9 Å². The van der Waals surface area contributed by atoms with E-state index in [0.717, 1.165) is 0 Å². The zero-order valence-corrected chi connectivity index (χ0v) is 14.1. The minimum atomic E-state index is -4.63. The highest BCUT2D eigenvalue weighted by Gasteiger charge is 2.34. The van der Waals surface area contributed by atoms with Crippen molar-refractivity contribution in [3.8, 4) is 0 Å². The molecule has 3 N–H and O–H groups in total. The molecular formula is C14H12BrF3N4O2. The maximum Gasteiger partial charge on any atom is 0.432 e. The zero-order valence-electron chi connectivity index (χ0n) is 12.5. The van der Waals surface area contributed by atoms with Crippen LogP contribution in [0.1, 0.15) is 32.1 Å². The number of carbonyl (C=O) groups excluding carboxylic acids is 2. The number of halogens is 4. The third kappa shape index (κ3) is 3.75. The fraction of sp³-hybridized carbons (Fsp3) is 0.214. The van der Waals surface area contributed by atoms with Crippen LogP contribution in [0.25, 0.3) is 0 Å². The van der Waals surface area contributed by atoms with Crippen molar-refractivity contribution in [2.45, 2.75) is 13.1 Å². The van der Waals surface area contributed by atoms with Crippen molar-refractivity contribution in [2.75, 3.05) is 12.4 Å². The molecule has 0 fully saturated rings. The molecule has 0 radical (unpaired) electrons. The number of alkyl halides is 3. The Labute approximate surface area is 142 Å². The Balaban J connectivity index is 2.35. The number of hydrogen-bond donors (Lipinski definition) is 3. The minimum Gasteiger partial charge on any atom is -0.355 e. The third-order valence-corrected chi connectivity index (χ3v) is 3.58. The van der Waals surface area contributed by atoms with Gasteiger partial charge in [0.25, 0.3) is 11.8 Å². The Hall–Kier alpha value is -2.36. The molecule has 1 aromatic heterocycles. The second kappa shape index (κ2) is 6.63. The predicted molar refractivity (Wildman–Crippen MR) is 83.8 cm³/mol. The number of aromatic amines is 1. The number of amides is 2. The number of nitrogens with zero attached hydrogens (tertiary/aromatic N) is 1. The first-order chi connectivity index (χ1) is 11.1. The molecule has 0 aliphatic rings. The first kappa shape index (κ1) is 18.0. The molecule has 128 valence electrons. The van der Waals surface area contributed by atoms with Gasteiger partial charge in [0.1, 0.15) is 5.69 Å². The molecule has 24 heavy (non-hydrogen) atoms. The normalized spacial score (nSPS) is 11.2. The number of aromatic nitrogens is 2. The second-order valence-electron chi connectivity index (χ2n) is 4.84. The number of nitrogens with one attached hydrogen (secondary N) is 3. The van der Waals surface area contributed by atoms with Gasteiger partial charge in [0, 0.05) is 17.6 Å². The van der Waals surface area contributed by atoms with Gasteiger partial charge in [0.15, 0.2) is 5.69 Å². The van der Waals surface area contributed by atoms with Crippen LogP contribution in [0.4, 0.5) is 18.9 Å². The molecule has 0 atom stereocenters. The fourth-order valence-corrected chi connectivity index (χ4v) is 2.56. The SMILES string of the molecule is CNC(=O)c1cc(Br)cc(C)c1NC(=O)c1cc(C(F)(F)F)[nH]n1. The monoisotopic (exact) mass is 404 g/mol. The smallest absolute Gasteiger partial charge is 0.355 e. The van der Waals surface area contributed by atoms with Crippen molar-refractivity contribution in [3.05, 3.63) is 45.2 Å². The summed E-state index contributed by atoms with van der Waals surface area (Å²) in [5, 5.41) is 9.98. The lowest BCUT2D eigenvalue weighted by atomic mass is 10.1. The van der Waals surface area contributed by atoms with E-state index < -0.39 is 29.4 Å². The number of carbonyl (C=O) groups is 2. The lowest BCUT2D eigenvalue weighted by Crippen LogP contribution is -2.22. The number of hydrogen-bond acceptors (Lipinski definition) is 3. The van der Waals surface area contributed by atoms with Crippen molar-refractivity contribution in [1.29, 1.82) is 0 Å². The summed E-state index contributed by atoms with van der Waals surface area (Å²) in [5.74, 6) is -1.31. The molecule has 0 aliphatic heterocycles. The highest BCUT2D eigenvalue weighted by atomic mass is 79.9. The van der Waals surface area contributed by atoms with Crippen molar-refractivity contribution in [2.24, 2.45) is 0 Å². The summed E-state index contributed by atoms with van der Waals surface area (Å²) >= 11 is 3.25. The van der Waals surface area contributed by atoms with E-state index in [1.54, 1.807) is 18.1 Å². The molecule has 1 heterocycles. The van der Waals surface area contributed by atoms with Gasteiger partial charge in [-0.15, -0.1) is 0 Å². The lowest BCUT2D eigenvalue weighted by molar-refractivity contribution is -0.141. The molecule has 10 heteroatoms. The highest BCUT2D eigenvalue weighted by molar-refractivity contribution is 9.10. The molecule has 6 nitrogen and oxygen atoms in total. The predicted octanol–water partition coefficient (Wildman–Crippen LogP) is 3.11. The Morgan fingerprint density at radius 1 is 1.21 bits per heavy atom. The van der Waals surface area contributed by atoms with E-state index >= 15 is 0 Å². The van der Waals surface area contributed by atoms with Gasteiger partial charge in [-0.2, -0.15) is 18.3 Å². The van der Waals surface area contributed by atoms with Gasteiger partial charge in [-0.1, -0.05) is 15.9 Å². The Morgan fingerprint density at radius 2 is 1.88 bits per heavy atom. The van der Waals surface area contributed by atoms with Crippen molar-refractivity contribution >= 4 is 33.4 Å². The molecule has 2 rings (SSSR count). The molecule has 2 amide bonds. The van der Waals surface area contributed by atoms with Gasteiger partial charge in [-0.3, -0.25) is 14.7 Å². The van der Waals surface area contributed by atoms with Crippen molar-refractivity contribution < 1.29 is 22.8 Å². The van der Waals surface area contributed by atoms with Crippen LogP contribution in [0.3, 0.4) is 0 Å². The summed E-state index contributed by atoms with van der Waals surface area (Å²) in [7, 11) is 1.42. The van der Waals surface area contributed by atoms with Gasteiger partial charge in [-0.05, 0) is 24.6 Å². The van der Waals surface area contributed by atoms with Crippen LogP contribution in [0.2, 0.25) is 0 Å². The van der Waals surface area contributed by atoms with E-state index in [1.165, 1.54) is 13.1 Å². The molecule has 0 unspecified atom stereocenters. The summed E-state index contributed by atoms with van der Waals surface area (Å²) in [6, 6.07) is 3.75. The zero-order chi connectivity index (χ0) is 18.1. The maximum absolute atomic E-state index is 12.6. The van der Waals surface area contributed by atoms with E-state index in [9.17, 15) is 22.8 Å². The number of rotatable bonds is 3. The number of anilines is 1. The molecule has 0 spiro atoms. The standard InChI is InChI=1S/C14H12BrF3N4O2/c1-6-3-7(15)4-8(12(23)19-2)11(6)20-13(24)9-5-10(22-21-9)14(16,17)18/h3-5H,1-2H3,(H,19,23)(H,20,24)(H,21,22). The van der Waals surface area contributed by atoms with Crippen molar-refractivity contribution in [3.63, 3.8) is 0 Å². The fourth-order valence-electron chi connectivity index (χ4n) is 1.98. The van der Waals surface area contributed by atoms with Gasteiger partial charge >= 0.3 is 6.18 Å². The van der Waals surface area contributed by atoms with E-state index in [4.69, 9.17) is 0 Å². The first-order valence-electron chi connectivity index (χ1n) is 6.59. The van der Waals surface area contributed by atoms with Gasteiger partial charge < -0.3 is 10.6 Å². The van der Waals surface area contributed by atoms with Crippen LogP contribution in [0.15, 0.2) is 22.7 Å². The molecule has 0 bridgehead atoms. The summed E-state index contributed by atoms with van der Waals surface area (Å²) in [4.78, 5) is 24.1. The van der Waals surface area contributed by atoms with Crippen LogP contribution in [-0.2, 0) is 6.18 Å². The molecule has 0 aliphatic carbocycles. The molecule has 1 aromatic carbocycles. The van der Waals surface area contributed by atoms with Crippen LogP contribution < -0.4 is 10.6 Å². The maximum atomic E-state index is 12.6. The minimum absolute atomic E-state index is 0.171. The largest absolute Gasteiger partial charge is 0.432 e. The molecule has 0 saturated heterocycles. The van der Waals surface area contributed by atoms with E-state index in [-0.39, 0.29) is 11.3 Å². The number of aryl methyl sites for hydroxylation is 1. The van der Waals surface area contributed by atoms with Crippen LogP contribution in [-0.4, -0.2) is 29.1 Å². The molecular weight excluding hydrogens is 393 g/mol. The Bertz CT molecular complexity index is 802. The van der Waals surface area contributed by atoms with Gasteiger partial charge in [0.05, 0.1) is 11.3 Å². The summed E-state index contributed by atoms with van der Waals surface area (Å²) in [6.07, 6.45) is -4.63. The van der Waals surface area contributed by atoms with E-state index in [0.29, 0.717) is 16.1 Å². The van der Waals surface area contributed by atoms with Gasteiger partial charge in [-0.25, -0.2) is 0 Å². The third-order valence-electron chi connectivity index (χ3n) is 3.13. The summed E-state index contributed by atoms with van der Waals surface area (Å²) in [6.45, 7) is 1.65. The highest BCUT2D eigenvalue weighted by Crippen LogP contribution is 2.29. The summed E-state index contributed by atoms with van der Waals surface area (Å²) in [5.41, 5.74) is -0.648. The Morgan fingerprint density at radius 3 is 2.42 bits per heavy atom. The second-order valence-corrected chi connectivity index (χ2v) is 5.76. The number of benzene rings is 1. The summed E-state index contributed by atoms with van der Waals surface area (Å²) < 4.78 is 38.3. The molecule has 2 aromatic rings. The van der Waals surface area contributed by atoms with Crippen LogP contribution >= 0.6 is 15.9 Å². The quantitative estimate of drug-likeness (QED) is 0.734. The van der Waals surface area contributed by atoms with E-state index in [2.05, 4.69) is 31.7 Å². The van der Waals surface area contributed by atoms with Crippen LogP contribution in [0.5, 0.6) is 0 Å². The Kier molecular flexibility index (Phi) is 4.97. The molecule has 0 saturated carbocycles. The average Bonchev–Trinajstić information content (AvgIpc) is 2.98. The first-order valence-corrected chi connectivity index (χ1v) is 7.39.